The average Bonchev–Trinajstić information content (AvgIpc) is 3.64. The molecular formula is C26H21N7O2. The molecule has 0 aliphatic carbocycles. The Bertz CT molecular complexity index is 1780. The monoisotopic (exact) mass is 463 g/mol. The lowest BCUT2D eigenvalue weighted by molar-refractivity contribution is 0.174. The number of para-hydroxylation sites is 1. The van der Waals surface area contributed by atoms with Crippen LogP contribution in [0.2, 0.25) is 0 Å². The van der Waals surface area contributed by atoms with Crippen LogP contribution in [0, 0.1) is 6.92 Å². The van der Waals surface area contributed by atoms with Gasteiger partial charge in [-0.15, -0.1) is 0 Å². The van der Waals surface area contributed by atoms with Gasteiger partial charge in [-0.2, -0.15) is 5.10 Å². The molecule has 7 rings (SSSR count). The zero-order valence-electron chi connectivity index (χ0n) is 19.4. The molecule has 0 spiro atoms. The molecule has 0 saturated carbocycles. The fraction of sp³-hybridized carbons (Fsp3) is 0.154. The number of aromatic nitrogens is 7. The van der Waals surface area contributed by atoms with Gasteiger partial charge in [0.15, 0.2) is 23.0 Å². The summed E-state index contributed by atoms with van der Waals surface area (Å²) in [6.07, 6.45) is 1.85. The number of H-pyrrole nitrogens is 1. The van der Waals surface area contributed by atoms with Crippen LogP contribution in [0.3, 0.4) is 0 Å². The summed E-state index contributed by atoms with van der Waals surface area (Å²) in [7, 11) is 3.91. The fourth-order valence-corrected chi connectivity index (χ4v) is 4.62. The van der Waals surface area contributed by atoms with Crippen molar-refractivity contribution in [1.29, 1.82) is 0 Å². The third-order valence-electron chi connectivity index (χ3n) is 6.60. The maximum Gasteiger partial charge on any atom is 0.231 e. The van der Waals surface area contributed by atoms with Gasteiger partial charge in [0.05, 0.1) is 34.1 Å². The van der Waals surface area contributed by atoms with Crippen molar-refractivity contribution >= 4 is 22.1 Å². The molecule has 0 radical (unpaired) electrons. The molecule has 0 fully saturated rings. The molecule has 1 aliphatic heterocycles. The molecule has 1 N–H and O–H groups in total. The minimum Gasteiger partial charge on any atom is -0.454 e. The molecule has 0 amide bonds. The highest BCUT2D eigenvalue weighted by atomic mass is 16.7. The summed E-state index contributed by atoms with van der Waals surface area (Å²) in [6, 6.07) is 16.1. The van der Waals surface area contributed by atoms with Crippen molar-refractivity contribution in [3.63, 3.8) is 0 Å². The maximum atomic E-state index is 5.58. The molecule has 1 aliphatic rings. The molecule has 0 bridgehead atoms. The molecule has 0 atom stereocenters. The molecular weight excluding hydrogens is 442 g/mol. The standard InChI is InChI=1S/C26H21N7O2/c1-14-27-12-20(32(14)2)17-8-9-19-24(28-17)25(31-33(19)3)26-29-18-6-4-5-16(23(18)30-26)15-7-10-21-22(11-15)35-13-34-21/h4-12H,13H2,1-3H3,(H,29,30). The van der Waals surface area contributed by atoms with E-state index in [1.165, 1.54) is 0 Å². The van der Waals surface area contributed by atoms with E-state index >= 15 is 0 Å². The topological polar surface area (TPSA) is 95.7 Å². The number of benzene rings is 2. The summed E-state index contributed by atoms with van der Waals surface area (Å²) in [5.74, 6) is 3.11. The minimum atomic E-state index is 0.246. The Morgan fingerprint density at radius 3 is 2.69 bits per heavy atom. The van der Waals surface area contributed by atoms with Crippen LogP contribution in [0.15, 0.2) is 54.7 Å². The number of rotatable bonds is 3. The van der Waals surface area contributed by atoms with Crippen LogP contribution in [0.5, 0.6) is 11.5 Å². The highest BCUT2D eigenvalue weighted by molar-refractivity contribution is 5.96. The number of hydrogen-bond donors (Lipinski definition) is 1. The Balaban J connectivity index is 1.39. The lowest BCUT2D eigenvalue weighted by Crippen LogP contribution is -1.96. The number of aromatic amines is 1. The first-order valence-corrected chi connectivity index (χ1v) is 11.3. The number of aryl methyl sites for hydroxylation is 2. The van der Waals surface area contributed by atoms with Crippen molar-refractivity contribution in [2.24, 2.45) is 14.1 Å². The van der Waals surface area contributed by atoms with E-state index in [2.05, 4.69) is 16.0 Å². The maximum absolute atomic E-state index is 5.58. The molecule has 172 valence electrons. The van der Waals surface area contributed by atoms with Gasteiger partial charge in [-0.1, -0.05) is 18.2 Å². The third kappa shape index (κ3) is 2.94. The van der Waals surface area contributed by atoms with E-state index in [0.29, 0.717) is 11.5 Å². The van der Waals surface area contributed by atoms with Crippen LogP contribution in [0.4, 0.5) is 0 Å². The largest absolute Gasteiger partial charge is 0.454 e. The Morgan fingerprint density at radius 2 is 1.83 bits per heavy atom. The van der Waals surface area contributed by atoms with E-state index < -0.39 is 0 Å². The first kappa shape index (κ1) is 19.8. The van der Waals surface area contributed by atoms with E-state index in [9.17, 15) is 0 Å². The van der Waals surface area contributed by atoms with E-state index in [1.807, 2.05) is 78.9 Å². The average molecular weight is 464 g/mol. The van der Waals surface area contributed by atoms with Gasteiger partial charge in [0.25, 0.3) is 0 Å². The smallest absolute Gasteiger partial charge is 0.231 e. The van der Waals surface area contributed by atoms with Crippen molar-refractivity contribution in [2.75, 3.05) is 6.79 Å². The van der Waals surface area contributed by atoms with Gasteiger partial charge in [0, 0.05) is 19.7 Å². The van der Waals surface area contributed by atoms with Gasteiger partial charge in [0.1, 0.15) is 11.3 Å². The highest BCUT2D eigenvalue weighted by Crippen LogP contribution is 2.38. The number of imidazole rings is 2. The predicted octanol–water partition coefficient (Wildman–Crippen LogP) is 4.62. The zero-order chi connectivity index (χ0) is 23.7. The molecule has 6 aromatic rings. The molecule has 9 nitrogen and oxygen atoms in total. The highest BCUT2D eigenvalue weighted by Gasteiger charge is 2.20. The second kappa shape index (κ2) is 7.17. The summed E-state index contributed by atoms with van der Waals surface area (Å²) in [5, 5.41) is 4.77. The summed E-state index contributed by atoms with van der Waals surface area (Å²) in [6.45, 7) is 2.22. The minimum absolute atomic E-state index is 0.246. The number of fused-ring (bicyclic) bond motifs is 3. The van der Waals surface area contributed by atoms with Crippen molar-refractivity contribution in [2.45, 2.75) is 6.92 Å². The van der Waals surface area contributed by atoms with E-state index in [4.69, 9.17) is 24.5 Å². The number of pyridine rings is 1. The normalized spacial score (nSPS) is 12.8. The molecule has 9 heteroatoms. The molecule has 2 aromatic carbocycles. The summed E-state index contributed by atoms with van der Waals surface area (Å²) >= 11 is 0. The molecule has 35 heavy (non-hydrogen) atoms. The van der Waals surface area contributed by atoms with Crippen molar-refractivity contribution in [3.05, 3.63) is 60.6 Å². The predicted molar refractivity (Wildman–Crippen MR) is 132 cm³/mol. The van der Waals surface area contributed by atoms with Gasteiger partial charge < -0.3 is 19.0 Å². The molecule has 0 saturated heterocycles. The quantitative estimate of drug-likeness (QED) is 0.412. The van der Waals surface area contributed by atoms with Crippen LogP contribution in [-0.2, 0) is 14.1 Å². The number of hydrogen-bond acceptors (Lipinski definition) is 6. The van der Waals surface area contributed by atoms with E-state index in [1.54, 1.807) is 0 Å². The van der Waals surface area contributed by atoms with Crippen molar-refractivity contribution in [1.82, 2.24) is 34.3 Å². The fourth-order valence-electron chi connectivity index (χ4n) is 4.62. The van der Waals surface area contributed by atoms with E-state index in [0.717, 1.165) is 61.9 Å². The van der Waals surface area contributed by atoms with Crippen LogP contribution < -0.4 is 9.47 Å². The number of nitrogens with zero attached hydrogens (tertiary/aromatic N) is 6. The summed E-state index contributed by atoms with van der Waals surface area (Å²) in [4.78, 5) is 17.8. The number of ether oxygens (including phenoxy) is 2. The Kier molecular flexibility index (Phi) is 4.05. The van der Waals surface area contributed by atoms with Crippen LogP contribution in [-0.4, -0.2) is 41.1 Å². The first-order chi connectivity index (χ1) is 17.1. The first-order valence-electron chi connectivity index (χ1n) is 11.3. The lowest BCUT2D eigenvalue weighted by Gasteiger charge is -2.04. The molecule has 5 heterocycles. The lowest BCUT2D eigenvalue weighted by atomic mass is 10.0. The van der Waals surface area contributed by atoms with Crippen LogP contribution in [0.25, 0.3) is 56.1 Å². The van der Waals surface area contributed by atoms with Crippen LogP contribution in [0.1, 0.15) is 5.82 Å². The Morgan fingerprint density at radius 1 is 0.943 bits per heavy atom. The Hall–Kier alpha value is -4.66. The summed E-state index contributed by atoms with van der Waals surface area (Å²) < 4.78 is 14.9. The molecule has 0 unspecified atom stereocenters. The second-order valence-corrected chi connectivity index (χ2v) is 8.64. The van der Waals surface area contributed by atoms with Gasteiger partial charge in [0.2, 0.25) is 6.79 Å². The van der Waals surface area contributed by atoms with Gasteiger partial charge >= 0.3 is 0 Å². The Labute approximate surface area is 200 Å². The number of nitrogens with one attached hydrogen (secondary N) is 1. The zero-order valence-corrected chi connectivity index (χ0v) is 19.4. The van der Waals surface area contributed by atoms with Crippen molar-refractivity contribution < 1.29 is 9.47 Å². The van der Waals surface area contributed by atoms with Gasteiger partial charge in [-0.25, -0.2) is 15.0 Å². The third-order valence-corrected chi connectivity index (χ3v) is 6.60. The second-order valence-electron chi connectivity index (χ2n) is 8.64. The van der Waals surface area contributed by atoms with E-state index in [-0.39, 0.29) is 6.79 Å². The van der Waals surface area contributed by atoms with Gasteiger partial charge in [-0.3, -0.25) is 4.68 Å². The van der Waals surface area contributed by atoms with Crippen LogP contribution >= 0.6 is 0 Å². The SMILES string of the molecule is Cc1ncc(-c2ccc3c(n2)c(-c2nc4c(-c5ccc6c(c5)OCO6)cccc4[nH]2)nn3C)n1C. The van der Waals surface area contributed by atoms with Crippen molar-refractivity contribution in [3.8, 4) is 45.5 Å². The summed E-state index contributed by atoms with van der Waals surface area (Å²) in [5.41, 5.74) is 8.01. The molecule has 4 aromatic heterocycles. The van der Waals surface area contributed by atoms with Gasteiger partial charge in [-0.05, 0) is 42.8 Å².